The zero-order valence-corrected chi connectivity index (χ0v) is 16.4. The Hall–Kier alpha value is -2.63. The van der Waals surface area contributed by atoms with Crippen LogP contribution in [0.2, 0.25) is 10.0 Å². The quantitative estimate of drug-likeness (QED) is 0.376. The van der Waals surface area contributed by atoms with Gasteiger partial charge in [0.2, 0.25) is 0 Å². The van der Waals surface area contributed by atoms with Crippen LogP contribution in [0, 0.1) is 0 Å². The standard InChI is InChI=1S/C21H18Cl2N2O3/c22-16-6-7-17(18(23)12-16)20(13-25-11-10-24-14-25)28-21(27)9-8-19(26)15-4-2-1-3-5-15/h1-7,10-12,14,20H,8-9,13H2. The molecule has 0 N–H and O–H groups in total. The van der Waals surface area contributed by atoms with E-state index in [-0.39, 0.29) is 18.6 Å². The summed E-state index contributed by atoms with van der Waals surface area (Å²) < 4.78 is 7.44. The van der Waals surface area contributed by atoms with Gasteiger partial charge in [-0.15, -0.1) is 0 Å². The molecule has 144 valence electrons. The predicted molar refractivity (Wildman–Crippen MR) is 108 cm³/mol. The third-order valence-electron chi connectivity index (χ3n) is 4.17. The van der Waals surface area contributed by atoms with Crippen LogP contribution in [0.25, 0.3) is 0 Å². The highest BCUT2D eigenvalue weighted by Crippen LogP contribution is 2.30. The molecule has 0 bridgehead atoms. The lowest BCUT2D eigenvalue weighted by atomic mass is 10.1. The largest absolute Gasteiger partial charge is 0.455 e. The van der Waals surface area contributed by atoms with Gasteiger partial charge in [-0.3, -0.25) is 9.59 Å². The molecule has 0 saturated carbocycles. The van der Waals surface area contributed by atoms with Crippen LogP contribution in [0.1, 0.15) is 34.9 Å². The first-order valence-corrected chi connectivity index (χ1v) is 9.47. The Morgan fingerprint density at radius 1 is 1.07 bits per heavy atom. The molecule has 1 aromatic heterocycles. The van der Waals surface area contributed by atoms with Gasteiger partial charge in [0.1, 0.15) is 6.10 Å². The molecule has 1 atom stereocenters. The molecule has 0 aliphatic heterocycles. The van der Waals surface area contributed by atoms with E-state index < -0.39 is 12.1 Å². The van der Waals surface area contributed by atoms with E-state index in [2.05, 4.69) is 4.98 Å². The van der Waals surface area contributed by atoms with Crippen LogP contribution in [-0.2, 0) is 16.1 Å². The number of esters is 1. The van der Waals surface area contributed by atoms with Gasteiger partial charge in [-0.2, -0.15) is 0 Å². The number of halogens is 2. The van der Waals surface area contributed by atoms with Gasteiger partial charge in [-0.1, -0.05) is 59.6 Å². The Labute approximate surface area is 172 Å². The average Bonchev–Trinajstić information content (AvgIpc) is 3.19. The lowest BCUT2D eigenvalue weighted by molar-refractivity contribution is -0.150. The Bertz CT molecular complexity index is 944. The van der Waals surface area contributed by atoms with Crippen LogP contribution in [0.5, 0.6) is 0 Å². The molecular formula is C21H18Cl2N2O3. The average molecular weight is 417 g/mol. The maximum Gasteiger partial charge on any atom is 0.306 e. The number of ketones is 1. The maximum atomic E-state index is 12.4. The summed E-state index contributed by atoms with van der Waals surface area (Å²) in [4.78, 5) is 28.6. The van der Waals surface area contributed by atoms with Crippen molar-refractivity contribution >= 4 is 35.0 Å². The van der Waals surface area contributed by atoms with Crippen LogP contribution in [0.3, 0.4) is 0 Å². The number of hydrogen-bond acceptors (Lipinski definition) is 4. The summed E-state index contributed by atoms with van der Waals surface area (Å²) in [5.74, 6) is -0.575. The number of nitrogens with zero attached hydrogens (tertiary/aromatic N) is 2. The number of carbonyl (C=O) groups excluding carboxylic acids is 2. The van der Waals surface area contributed by atoms with E-state index in [1.165, 1.54) is 0 Å². The smallest absolute Gasteiger partial charge is 0.306 e. The first-order chi connectivity index (χ1) is 13.5. The normalized spacial score (nSPS) is 11.8. The molecule has 28 heavy (non-hydrogen) atoms. The minimum Gasteiger partial charge on any atom is -0.455 e. The zero-order chi connectivity index (χ0) is 19.9. The summed E-state index contributed by atoms with van der Waals surface area (Å²) in [6.07, 6.45) is 4.47. The fourth-order valence-electron chi connectivity index (χ4n) is 2.75. The second-order valence-corrected chi connectivity index (χ2v) is 7.04. The molecule has 0 fully saturated rings. The molecular weight excluding hydrogens is 399 g/mol. The topological polar surface area (TPSA) is 61.2 Å². The highest BCUT2D eigenvalue weighted by molar-refractivity contribution is 6.35. The molecule has 0 aliphatic rings. The van der Waals surface area contributed by atoms with Gasteiger partial charge >= 0.3 is 5.97 Å². The molecule has 0 saturated heterocycles. The van der Waals surface area contributed by atoms with Crippen molar-refractivity contribution in [1.82, 2.24) is 9.55 Å². The van der Waals surface area contributed by atoms with Crippen molar-refractivity contribution in [3.8, 4) is 0 Å². The van der Waals surface area contributed by atoms with Crippen molar-refractivity contribution in [1.29, 1.82) is 0 Å². The number of carbonyl (C=O) groups is 2. The molecule has 2 aromatic carbocycles. The van der Waals surface area contributed by atoms with E-state index in [0.29, 0.717) is 27.7 Å². The van der Waals surface area contributed by atoms with Crippen molar-refractivity contribution in [2.75, 3.05) is 0 Å². The van der Waals surface area contributed by atoms with Crippen molar-refractivity contribution in [3.05, 3.63) is 88.4 Å². The summed E-state index contributed by atoms with van der Waals surface area (Å²) in [7, 11) is 0. The molecule has 0 radical (unpaired) electrons. The number of Topliss-reactive ketones (excluding diaryl/α,β-unsaturated/α-hetero) is 1. The van der Waals surface area contributed by atoms with Gasteiger partial charge in [-0.05, 0) is 12.1 Å². The first kappa shape index (κ1) is 20.1. The maximum absolute atomic E-state index is 12.4. The number of aromatic nitrogens is 2. The summed E-state index contributed by atoms with van der Waals surface area (Å²) in [5.41, 5.74) is 1.22. The number of benzene rings is 2. The van der Waals surface area contributed by atoms with Gasteiger partial charge < -0.3 is 9.30 Å². The molecule has 5 nitrogen and oxygen atoms in total. The molecule has 7 heteroatoms. The zero-order valence-electron chi connectivity index (χ0n) is 14.9. The van der Waals surface area contributed by atoms with Crippen molar-refractivity contribution in [2.45, 2.75) is 25.5 Å². The summed E-state index contributed by atoms with van der Waals surface area (Å²) in [6.45, 7) is 0.347. The van der Waals surface area contributed by atoms with E-state index >= 15 is 0 Å². The highest BCUT2D eigenvalue weighted by Gasteiger charge is 2.21. The van der Waals surface area contributed by atoms with Crippen LogP contribution in [0.4, 0.5) is 0 Å². The number of hydrogen-bond donors (Lipinski definition) is 0. The molecule has 1 heterocycles. The Balaban J connectivity index is 1.68. The highest BCUT2D eigenvalue weighted by atomic mass is 35.5. The lowest BCUT2D eigenvalue weighted by Crippen LogP contribution is -2.17. The van der Waals surface area contributed by atoms with Crippen molar-refractivity contribution < 1.29 is 14.3 Å². The monoisotopic (exact) mass is 416 g/mol. The molecule has 0 aliphatic carbocycles. The van der Waals surface area contributed by atoms with Crippen LogP contribution in [-0.4, -0.2) is 21.3 Å². The van der Waals surface area contributed by atoms with E-state index in [0.717, 1.165) is 0 Å². The van der Waals surface area contributed by atoms with Crippen LogP contribution in [0.15, 0.2) is 67.3 Å². The SMILES string of the molecule is O=C(CCC(=O)c1ccccc1)OC(Cn1ccnc1)c1ccc(Cl)cc1Cl. The minimum absolute atomic E-state index is 0.0145. The first-order valence-electron chi connectivity index (χ1n) is 8.71. The van der Waals surface area contributed by atoms with Gasteiger partial charge in [0.25, 0.3) is 0 Å². The predicted octanol–water partition coefficient (Wildman–Crippen LogP) is 5.14. The second-order valence-electron chi connectivity index (χ2n) is 6.19. The minimum atomic E-state index is -0.627. The second kappa shape index (κ2) is 9.53. The van der Waals surface area contributed by atoms with Gasteiger partial charge in [0.05, 0.1) is 19.3 Å². The van der Waals surface area contributed by atoms with Crippen molar-refractivity contribution in [2.24, 2.45) is 0 Å². The van der Waals surface area contributed by atoms with Gasteiger partial charge in [0, 0.05) is 40.0 Å². The van der Waals surface area contributed by atoms with Gasteiger partial charge in [0.15, 0.2) is 5.78 Å². The van der Waals surface area contributed by atoms with E-state index in [9.17, 15) is 9.59 Å². The molecule has 3 aromatic rings. The number of rotatable bonds is 8. The third-order valence-corrected chi connectivity index (χ3v) is 4.73. The van der Waals surface area contributed by atoms with E-state index in [4.69, 9.17) is 27.9 Å². The van der Waals surface area contributed by atoms with E-state index in [1.807, 2.05) is 6.07 Å². The van der Waals surface area contributed by atoms with Crippen molar-refractivity contribution in [3.63, 3.8) is 0 Å². The fraction of sp³-hybridized carbons (Fsp3) is 0.190. The summed E-state index contributed by atoms with van der Waals surface area (Å²) in [6, 6.07) is 13.9. The van der Waals surface area contributed by atoms with E-state index in [1.54, 1.807) is 65.8 Å². The van der Waals surface area contributed by atoms with Crippen LogP contribution < -0.4 is 0 Å². The molecule has 0 spiro atoms. The molecule has 1 unspecified atom stereocenters. The van der Waals surface area contributed by atoms with Crippen LogP contribution >= 0.6 is 23.2 Å². The fourth-order valence-corrected chi connectivity index (χ4v) is 3.28. The molecule has 3 rings (SSSR count). The third kappa shape index (κ3) is 5.44. The Kier molecular flexibility index (Phi) is 6.85. The lowest BCUT2D eigenvalue weighted by Gasteiger charge is -2.20. The number of imidazole rings is 1. The molecule has 0 amide bonds. The Morgan fingerprint density at radius 3 is 2.54 bits per heavy atom. The van der Waals surface area contributed by atoms with Gasteiger partial charge in [-0.25, -0.2) is 4.98 Å². The summed E-state index contributed by atoms with van der Waals surface area (Å²) >= 11 is 12.3. The summed E-state index contributed by atoms with van der Waals surface area (Å²) in [5, 5.41) is 0.903. The number of ether oxygens (including phenoxy) is 1. The Morgan fingerprint density at radius 2 is 1.86 bits per heavy atom.